The summed E-state index contributed by atoms with van der Waals surface area (Å²) in [5, 5.41) is 3.20. The van der Waals surface area contributed by atoms with Crippen molar-refractivity contribution in [3.05, 3.63) is 0 Å². The summed E-state index contributed by atoms with van der Waals surface area (Å²) >= 11 is 0. The number of hydrogen-bond donors (Lipinski definition) is 2. The van der Waals surface area contributed by atoms with Crippen LogP contribution in [0.25, 0.3) is 0 Å². The lowest BCUT2D eigenvalue weighted by atomic mass is 10.1. The van der Waals surface area contributed by atoms with Gasteiger partial charge in [0.25, 0.3) is 0 Å². The van der Waals surface area contributed by atoms with E-state index in [1.807, 2.05) is 4.90 Å². The van der Waals surface area contributed by atoms with E-state index in [1.165, 1.54) is 0 Å². The van der Waals surface area contributed by atoms with Crippen molar-refractivity contribution in [1.29, 1.82) is 0 Å². The zero-order valence-corrected chi connectivity index (χ0v) is 9.32. The molecule has 2 aliphatic rings. The predicted octanol–water partition coefficient (Wildman–Crippen LogP) is -1.18. The number of nitrogens with two attached hydrogens (primary N) is 1. The Labute approximate surface area is 94.7 Å². The molecule has 0 radical (unpaired) electrons. The molecule has 0 aromatic carbocycles. The average Bonchev–Trinajstić information content (AvgIpc) is 2.78. The normalized spacial score (nSPS) is 25.9. The lowest BCUT2D eigenvalue weighted by Crippen LogP contribution is -2.51. The maximum Gasteiger partial charge on any atom is 0.320 e. The Morgan fingerprint density at radius 1 is 1.12 bits per heavy atom. The Kier molecular flexibility index (Phi) is 3.28. The van der Waals surface area contributed by atoms with E-state index in [9.17, 15) is 9.59 Å². The quantitative estimate of drug-likeness (QED) is 0.590. The highest BCUT2D eigenvalue weighted by atomic mass is 16.2. The van der Waals surface area contributed by atoms with Crippen molar-refractivity contribution in [2.75, 3.05) is 39.3 Å². The van der Waals surface area contributed by atoms with Crippen molar-refractivity contribution in [2.45, 2.75) is 6.42 Å². The van der Waals surface area contributed by atoms with E-state index in [0.29, 0.717) is 19.5 Å². The van der Waals surface area contributed by atoms with Crippen LogP contribution in [0.15, 0.2) is 0 Å². The highest BCUT2D eigenvalue weighted by Gasteiger charge is 2.32. The fourth-order valence-corrected chi connectivity index (χ4v) is 2.22. The second kappa shape index (κ2) is 4.69. The summed E-state index contributed by atoms with van der Waals surface area (Å²) < 4.78 is 0. The van der Waals surface area contributed by atoms with Crippen LogP contribution in [-0.4, -0.2) is 61.0 Å². The standard InChI is InChI=1S/C10H18N4O2/c11-9(15)8-1-4-14(7-8)10(16)13-5-2-12-3-6-13/h8,12H,1-7H2,(H2,11,15). The van der Waals surface area contributed by atoms with Crippen molar-refractivity contribution in [1.82, 2.24) is 15.1 Å². The number of likely N-dealkylation sites (tertiary alicyclic amines) is 1. The summed E-state index contributed by atoms with van der Waals surface area (Å²) in [6.07, 6.45) is 0.702. The predicted molar refractivity (Wildman–Crippen MR) is 58.7 cm³/mol. The minimum absolute atomic E-state index is 0.0465. The van der Waals surface area contributed by atoms with Gasteiger partial charge in [-0.25, -0.2) is 4.79 Å². The van der Waals surface area contributed by atoms with Gasteiger partial charge in [-0.05, 0) is 6.42 Å². The van der Waals surface area contributed by atoms with E-state index in [1.54, 1.807) is 4.90 Å². The molecule has 2 heterocycles. The molecular weight excluding hydrogens is 208 g/mol. The Bertz CT molecular complexity index is 289. The van der Waals surface area contributed by atoms with Gasteiger partial charge in [0.2, 0.25) is 5.91 Å². The number of nitrogens with one attached hydrogen (secondary N) is 1. The zero-order chi connectivity index (χ0) is 11.5. The first kappa shape index (κ1) is 11.2. The lowest BCUT2D eigenvalue weighted by molar-refractivity contribution is -0.121. The molecule has 0 spiro atoms. The summed E-state index contributed by atoms with van der Waals surface area (Å²) in [4.78, 5) is 26.6. The molecule has 0 aliphatic carbocycles. The van der Waals surface area contributed by atoms with Crippen molar-refractivity contribution in [2.24, 2.45) is 11.7 Å². The van der Waals surface area contributed by atoms with Crippen LogP contribution in [0, 0.1) is 5.92 Å². The number of carbonyl (C=O) groups is 2. The van der Waals surface area contributed by atoms with Crippen molar-refractivity contribution in [3.63, 3.8) is 0 Å². The van der Waals surface area contributed by atoms with Gasteiger partial charge in [0, 0.05) is 39.3 Å². The van der Waals surface area contributed by atoms with Crippen LogP contribution in [0.3, 0.4) is 0 Å². The van der Waals surface area contributed by atoms with E-state index >= 15 is 0 Å². The van der Waals surface area contributed by atoms with Crippen LogP contribution < -0.4 is 11.1 Å². The van der Waals surface area contributed by atoms with Crippen LogP contribution in [0.1, 0.15) is 6.42 Å². The molecule has 16 heavy (non-hydrogen) atoms. The molecule has 1 atom stereocenters. The van der Waals surface area contributed by atoms with Gasteiger partial charge in [-0.2, -0.15) is 0 Å². The van der Waals surface area contributed by atoms with Gasteiger partial charge in [-0.15, -0.1) is 0 Å². The van der Waals surface area contributed by atoms with Gasteiger partial charge in [-0.3, -0.25) is 4.79 Å². The molecule has 6 nitrogen and oxygen atoms in total. The Balaban J connectivity index is 1.88. The smallest absolute Gasteiger partial charge is 0.320 e. The van der Waals surface area contributed by atoms with Crippen molar-refractivity contribution in [3.8, 4) is 0 Å². The number of hydrogen-bond acceptors (Lipinski definition) is 3. The molecule has 2 rings (SSSR count). The van der Waals surface area contributed by atoms with Gasteiger partial charge >= 0.3 is 6.03 Å². The molecule has 0 bridgehead atoms. The minimum Gasteiger partial charge on any atom is -0.369 e. The molecule has 90 valence electrons. The molecule has 2 aliphatic heterocycles. The van der Waals surface area contributed by atoms with Crippen molar-refractivity contribution < 1.29 is 9.59 Å². The molecular formula is C10H18N4O2. The number of nitrogens with zero attached hydrogens (tertiary/aromatic N) is 2. The van der Waals surface area contributed by atoms with E-state index < -0.39 is 0 Å². The third kappa shape index (κ3) is 2.27. The van der Waals surface area contributed by atoms with Crippen molar-refractivity contribution >= 4 is 11.9 Å². The topological polar surface area (TPSA) is 78.7 Å². The monoisotopic (exact) mass is 226 g/mol. The fraction of sp³-hybridized carbons (Fsp3) is 0.800. The van der Waals surface area contributed by atoms with Crippen LogP contribution in [0.5, 0.6) is 0 Å². The van der Waals surface area contributed by atoms with Gasteiger partial charge < -0.3 is 20.9 Å². The first-order valence-corrected chi connectivity index (χ1v) is 5.72. The SMILES string of the molecule is NC(=O)C1CCN(C(=O)N2CCNCC2)C1. The maximum absolute atomic E-state index is 12.0. The third-order valence-corrected chi connectivity index (χ3v) is 3.25. The third-order valence-electron chi connectivity index (χ3n) is 3.25. The minimum atomic E-state index is -0.296. The summed E-state index contributed by atoms with van der Waals surface area (Å²) in [5.41, 5.74) is 5.24. The lowest BCUT2D eigenvalue weighted by Gasteiger charge is -2.31. The number of primary amides is 1. The van der Waals surface area contributed by atoms with Crippen LogP contribution in [-0.2, 0) is 4.79 Å². The summed E-state index contributed by atoms with van der Waals surface area (Å²) in [7, 11) is 0. The van der Waals surface area contributed by atoms with Gasteiger partial charge in [-0.1, -0.05) is 0 Å². The summed E-state index contributed by atoms with van der Waals surface area (Å²) in [5.74, 6) is -0.456. The van der Waals surface area contributed by atoms with Gasteiger partial charge in [0.05, 0.1) is 5.92 Å². The Hall–Kier alpha value is -1.30. The van der Waals surface area contributed by atoms with E-state index in [0.717, 1.165) is 26.2 Å². The van der Waals surface area contributed by atoms with Gasteiger partial charge in [0.15, 0.2) is 0 Å². The molecule has 0 aromatic heterocycles. The van der Waals surface area contributed by atoms with Crippen LogP contribution >= 0.6 is 0 Å². The maximum atomic E-state index is 12.0. The Morgan fingerprint density at radius 3 is 2.38 bits per heavy atom. The van der Waals surface area contributed by atoms with Crippen LogP contribution in [0.4, 0.5) is 4.79 Å². The molecule has 0 aromatic rings. The van der Waals surface area contributed by atoms with E-state index in [2.05, 4.69) is 5.32 Å². The fourth-order valence-electron chi connectivity index (χ4n) is 2.22. The largest absolute Gasteiger partial charge is 0.369 e. The molecule has 2 saturated heterocycles. The second-order valence-electron chi connectivity index (χ2n) is 4.35. The molecule has 0 saturated carbocycles. The second-order valence-corrected chi connectivity index (χ2v) is 4.35. The number of rotatable bonds is 1. The molecule has 1 unspecified atom stereocenters. The average molecular weight is 226 g/mol. The number of amides is 3. The molecule has 6 heteroatoms. The van der Waals surface area contributed by atoms with Gasteiger partial charge in [0.1, 0.15) is 0 Å². The molecule has 3 N–H and O–H groups in total. The Morgan fingerprint density at radius 2 is 1.81 bits per heavy atom. The summed E-state index contributed by atoms with van der Waals surface area (Å²) in [6, 6.07) is 0.0465. The van der Waals surface area contributed by atoms with E-state index in [-0.39, 0.29) is 17.9 Å². The number of urea groups is 1. The van der Waals surface area contributed by atoms with Crippen LogP contribution in [0.2, 0.25) is 0 Å². The highest BCUT2D eigenvalue weighted by molar-refractivity contribution is 5.80. The summed E-state index contributed by atoms with van der Waals surface area (Å²) in [6.45, 7) is 4.32. The first-order valence-electron chi connectivity index (χ1n) is 5.72. The molecule has 3 amide bonds. The first-order chi connectivity index (χ1) is 7.68. The highest BCUT2D eigenvalue weighted by Crippen LogP contribution is 2.17. The number of piperazine rings is 1. The molecule has 2 fully saturated rings. The number of carbonyl (C=O) groups excluding carboxylic acids is 2. The van der Waals surface area contributed by atoms with E-state index in [4.69, 9.17) is 5.73 Å². The zero-order valence-electron chi connectivity index (χ0n) is 9.32.